The Morgan fingerprint density at radius 1 is 1.30 bits per heavy atom. The first-order valence-electron chi connectivity index (χ1n) is 10.7. The molecule has 9 nitrogen and oxygen atoms in total. The topological polar surface area (TPSA) is 126 Å². The van der Waals surface area contributed by atoms with Crippen LogP contribution < -0.4 is 21.0 Å². The summed E-state index contributed by atoms with van der Waals surface area (Å²) in [5.74, 6) is -0.0961. The summed E-state index contributed by atoms with van der Waals surface area (Å²) in [6.45, 7) is 8.09. The van der Waals surface area contributed by atoms with Crippen molar-refractivity contribution in [2.75, 3.05) is 29.2 Å². The van der Waals surface area contributed by atoms with E-state index in [9.17, 15) is 9.90 Å². The number of pyridine rings is 1. The minimum atomic E-state index is -0.565. The molecule has 1 aliphatic rings. The number of hydrogen-bond acceptors (Lipinski definition) is 7. The largest absolute Gasteiger partial charge is 0.512 e. The number of rotatable bonds is 5. The lowest BCUT2D eigenvalue weighted by Gasteiger charge is -2.20. The van der Waals surface area contributed by atoms with E-state index < -0.39 is 11.4 Å². The van der Waals surface area contributed by atoms with Gasteiger partial charge in [-0.2, -0.15) is 5.10 Å². The first-order valence-corrected chi connectivity index (χ1v) is 10.7. The second-order valence-corrected chi connectivity index (χ2v) is 8.94. The molecule has 2 heterocycles. The number of nitrogens with zero attached hydrogens (tertiary/aromatic N) is 3. The average molecular weight is 450 g/mol. The van der Waals surface area contributed by atoms with Gasteiger partial charge >= 0.3 is 6.03 Å². The number of aromatic nitrogens is 1. The lowest BCUT2D eigenvalue weighted by molar-refractivity contribution is 0.256. The Labute approximate surface area is 194 Å². The van der Waals surface area contributed by atoms with Crippen LogP contribution in [0.2, 0.25) is 0 Å². The summed E-state index contributed by atoms with van der Waals surface area (Å²) in [7, 11) is 1.88. The molecular weight excluding hydrogens is 418 g/mol. The van der Waals surface area contributed by atoms with E-state index in [1.165, 1.54) is 6.08 Å². The number of amidine groups is 1. The van der Waals surface area contributed by atoms with Gasteiger partial charge in [0.1, 0.15) is 11.6 Å². The summed E-state index contributed by atoms with van der Waals surface area (Å²) in [5, 5.41) is 32.7. The van der Waals surface area contributed by atoms with Crippen LogP contribution in [-0.4, -0.2) is 41.8 Å². The molecule has 2 aromatic rings. The second-order valence-electron chi connectivity index (χ2n) is 8.94. The molecule has 0 saturated heterocycles. The number of amides is 2. The zero-order chi connectivity index (χ0) is 24.2. The third-order valence-electron chi connectivity index (χ3n) is 5.32. The van der Waals surface area contributed by atoms with E-state index in [4.69, 9.17) is 5.41 Å². The van der Waals surface area contributed by atoms with Crippen molar-refractivity contribution in [2.24, 2.45) is 10.5 Å². The molecule has 1 unspecified atom stereocenters. The molecule has 3 rings (SSSR count). The molecule has 0 saturated carbocycles. The van der Waals surface area contributed by atoms with E-state index in [-0.39, 0.29) is 17.5 Å². The summed E-state index contributed by atoms with van der Waals surface area (Å²) >= 11 is 0. The number of hydrogen-bond donors (Lipinski definition) is 5. The number of benzene rings is 1. The van der Waals surface area contributed by atoms with Gasteiger partial charge in [0.2, 0.25) is 0 Å². The zero-order valence-corrected chi connectivity index (χ0v) is 19.6. The van der Waals surface area contributed by atoms with Crippen LogP contribution in [0.3, 0.4) is 0 Å². The van der Waals surface area contributed by atoms with Crippen molar-refractivity contribution in [3.8, 4) is 0 Å². The van der Waals surface area contributed by atoms with Crippen LogP contribution in [0.4, 0.5) is 21.9 Å². The molecule has 2 amide bonds. The number of carbonyl (C=O) groups excluding carboxylic acids is 1. The highest BCUT2D eigenvalue weighted by atomic mass is 16.3. The monoisotopic (exact) mass is 449 g/mol. The smallest absolute Gasteiger partial charge is 0.324 e. The number of hydrazone groups is 1. The van der Waals surface area contributed by atoms with Crippen molar-refractivity contribution in [1.29, 1.82) is 5.41 Å². The van der Waals surface area contributed by atoms with Gasteiger partial charge in [0, 0.05) is 60.0 Å². The minimum Gasteiger partial charge on any atom is -0.512 e. The predicted molar refractivity (Wildman–Crippen MR) is 134 cm³/mol. The minimum absolute atomic E-state index is 0.0157. The van der Waals surface area contributed by atoms with Crippen molar-refractivity contribution >= 4 is 35.1 Å². The number of urea groups is 1. The Hall–Kier alpha value is -3.88. The van der Waals surface area contributed by atoms with Crippen LogP contribution in [0.15, 0.2) is 53.6 Å². The second kappa shape index (κ2) is 9.72. The molecule has 0 aliphatic carbocycles. The van der Waals surface area contributed by atoms with Gasteiger partial charge < -0.3 is 15.7 Å². The molecule has 1 aliphatic heterocycles. The Bertz CT molecular complexity index is 1100. The normalized spacial score (nSPS) is 16.0. The molecule has 174 valence electrons. The number of anilines is 3. The average Bonchev–Trinajstić information content (AvgIpc) is 3.24. The highest BCUT2D eigenvalue weighted by Crippen LogP contribution is 2.32. The van der Waals surface area contributed by atoms with Crippen LogP contribution >= 0.6 is 0 Å². The van der Waals surface area contributed by atoms with Gasteiger partial charge in [-0.05, 0) is 30.7 Å². The van der Waals surface area contributed by atoms with Crippen molar-refractivity contribution in [3.63, 3.8) is 0 Å². The SMILES string of the molecule is CNc1ccncc1C1C=NN(c2cc(NC(=O)NC(=N)/C=C(\O)C(C)(C)C)ccc2C)C1. The van der Waals surface area contributed by atoms with Crippen molar-refractivity contribution in [2.45, 2.75) is 33.6 Å². The predicted octanol–water partition coefficient (Wildman–Crippen LogP) is 4.61. The van der Waals surface area contributed by atoms with Crippen molar-refractivity contribution in [3.05, 3.63) is 59.6 Å². The van der Waals surface area contributed by atoms with Crippen LogP contribution in [0.1, 0.15) is 37.8 Å². The standard InChI is InChI=1S/C24H31N7O2/c1-15-6-7-17(29-23(33)30-22(25)11-21(32)24(2,3)4)10-20(15)31-14-16(12-28-31)18-13-27-9-8-19(18)26-5/h6-13,16,32H,14H2,1-5H3,(H,26,27)(H3,25,29,30,33)/b21-11-. The van der Waals surface area contributed by atoms with Crippen LogP contribution in [0.5, 0.6) is 0 Å². The van der Waals surface area contributed by atoms with Crippen LogP contribution in [0.25, 0.3) is 0 Å². The van der Waals surface area contributed by atoms with E-state index in [0.29, 0.717) is 12.2 Å². The fraction of sp³-hybridized carbons (Fsp3) is 0.333. The highest BCUT2D eigenvalue weighted by Gasteiger charge is 2.24. The van der Waals surface area contributed by atoms with Gasteiger partial charge in [0.25, 0.3) is 0 Å². The molecule has 0 fully saturated rings. The number of aliphatic hydroxyl groups is 1. The van der Waals surface area contributed by atoms with E-state index in [1.54, 1.807) is 12.3 Å². The summed E-state index contributed by atoms with van der Waals surface area (Å²) in [4.78, 5) is 16.6. The van der Waals surface area contributed by atoms with Crippen LogP contribution in [-0.2, 0) is 0 Å². The fourth-order valence-electron chi connectivity index (χ4n) is 3.35. The molecule has 1 atom stereocenters. The molecule has 0 radical (unpaired) electrons. The first-order chi connectivity index (χ1) is 15.6. The van der Waals surface area contributed by atoms with E-state index >= 15 is 0 Å². The van der Waals surface area contributed by atoms with Gasteiger partial charge in [0.05, 0.1) is 12.2 Å². The zero-order valence-electron chi connectivity index (χ0n) is 19.6. The van der Waals surface area contributed by atoms with E-state index in [0.717, 1.165) is 22.5 Å². The fourth-order valence-corrected chi connectivity index (χ4v) is 3.35. The highest BCUT2D eigenvalue weighted by molar-refractivity contribution is 6.06. The van der Waals surface area contributed by atoms with Gasteiger partial charge in [-0.15, -0.1) is 0 Å². The summed E-state index contributed by atoms with van der Waals surface area (Å²) < 4.78 is 0. The number of aliphatic hydroxyl groups excluding tert-OH is 1. The number of allylic oxidation sites excluding steroid dienone is 1. The van der Waals surface area contributed by atoms with Gasteiger partial charge in [-0.3, -0.25) is 20.7 Å². The van der Waals surface area contributed by atoms with Crippen molar-refractivity contribution < 1.29 is 9.90 Å². The van der Waals surface area contributed by atoms with Crippen LogP contribution in [0, 0.1) is 17.7 Å². The molecule has 0 spiro atoms. The maximum absolute atomic E-state index is 12.3. The Balaban J connectivity index is 1.69. The molecule has 0 bridgehead atoms. The maximum Gasteiger partial charge on any atom is 0.324 e. The molecule has 1 aromatic heterocycles. The summed E-state index contributed by atoms with van der Waals surface area (Å²) in [6, 6.07) is 6.93. The quantitative estimate of drug-likeness (QED) is 0.259. The molecule has 9 heteroatoms. The summed E-state index contributed by atoms with van der Waals surface area (Å²) in [6.07, 6.45) is 6.74. The molecule has 5 N–H and O–H groups in total. The van der Waals surface area contributed by atoms with Gasteiger partial charge in [-0.1, -0.05) is 26.8 Å². The molecule has 1 aromatic carbocycles. The lowest BCUT2D eigenvalue weighted by atomic mass is 9.93. The molecule has 33 heavy (non-hydrogen) atoms. The lowest BCUT2D eigenvalue weighted by Crippen LogP contribution is -2.33. The molecular formula is C24H31N7O2. The Morgan fingerprint density at radius 3 is 2.76 bits per heavy atom. The van der Waals surface area contributed by atoms with E-state index in [1.807, 2.05) is 70.4 Å². The van der Waals surface area contributed by atoms with Gasteiger partial charge in [0.15, 0.2) is 0 Å². The third-order valence-corrected chi connectivity index (χ3v) is 5.32. The first kappa shape index (κ1) is 23.8. The van der Waals surface area contributed by atoms with Crippen molar-refractivity contribution in [1.82, 2.24) is 10.3 Å². The Kier molecular flexibility index (Phi) is 7.01. The number of nitrogens with one attached hydrogen (secondary N) is 4. The number of carbonyl (C=O) groups is 1. The Morgan fingerprint density at radius 2 is 2.06 bits per heavy atom. The maximum atomic E-state index is 12.3. The number of aryl methyl sites for hydroxylation is 1. The van der Waals surface area contributed by atoms with E-state index in [2.05, 4.69) is 26.0 Å². The van der Waals surface area contributed by atoms with Gasteiger partial charge in [-0.25, -0.2) is 4.79 Å². The third kappa shape index (κ3) is 5.88. The summed E-state index contributed by atoms with van der Waals surface area (Å²) in [5.41, 5.74) is 4.05.